The average Bonchev–Trinajstić information content (AvgIpc) is 2.32. The Morgan fingerprint density at radius 2 is 2.00 bits per heavy atom. The molecule has 0 aliphatic rings. The largest absolute Gasteiger partial charge is 0.489 e. The summed E-state index contributed by atoms with van der Waals surface area (Å²) < 4.78 is 6.15. The molecule has 0 aliphatic heterocycles. The summed E-state index contributed by atoms with van der Waals surface area (Å²) in [6, 6.07) is 6.55. The average molecular weight is 249 g/mol. The number of ether oxygens (including phenoxy) is 1. The Morgan fingerprint density at radius 3 is 2.56 bits per heavy atom. The molecular weight excluding hydrogens is 222 g/mol. The number of benzene rings is 1. The van der Waals surface area contributed by atoms with Gasteiger partial charge in [-0.25, -0.2) is 0 Å². The summed E-state index contributed by atoms with van der Waals surface area (Å²) in [5, 5.41) is 3.20. The summed E-state index contributed by atoms with van der Waals surface area (Å²) in [6.45, 7) is 9.64. The molecule has 0 heterocycles. The molecule has 0 fully saturated rings. The molecule has 0 radical (unpaired) electrons. The molecule has 102 valence electrons. The fraction of sp³-hybridized carbons (Fsp3) is 0.625. The van der Waals surface area contributed by atoms with E-state index in [9.17, 15) is 0 Å². The smallest absolute Gasteiger partial charge is 0.122 e. The first kappa shape index (κ1) is 15.0. The first-order valence-electron chi connectivity index (χ1n) is 7.00. The van der Waals surface area contributed by atoms with Crippen LogP contribution >= 0.6 is 0 Å². The molecule has 0 saturated carbocycles. The maximum absolute atomic E-state index is 6.15. The zero-order valence-electron chi connectivity index (χ0n) is 12.4. The predicted molar refractivity (Wildman–Crippen MR) is 78.5 cm³/mol. The molecule has 18 heavy (non-hydrogen) atoms. The summed E-state index contributed by atoms with van der Waals surface area (Å²) in [5.41, 5.74) is 2.56. The Bertz CT molecular complexity index is 354. The van der Waals surface area contributed by atoms with E-state index < -0.39 is 0 Å². The fourth-order valence-corrected chi connectivity index (χ4v) is 2.03. The number of hydrogen-bond donors (Lipinski definition) is 1. The molecule has 0 bridgehead atoms. The molecule has 0 spiro atoms. The van der Waals surface area contributed by atoms with Crippen molar-refractivity contribution in [1.82, 2.24) is 5.32 Å². The molecule has 0 aromatic heterocycles. The van der Waals surface area contributed by atoms with Crippen molar-refractivity contribution in [2.75, 3.05) is 13.6 Å². The Kier molecular flexibility index (Phi) is 6.20. The second-order valence-electron chi connectivity index (χ2n) is 5.27. The van der Waals surface area contributed by atoms with Crippen LogP contribution in [0.5, 0.6) is 5.75 Å². The van der Waals surface area contributed by atoms with Gasteiger partial charge in [0.2, 0.25) is 0 Å². The molecule has 0 amide bonds. The number of rotatable bonds is 7. The van der Waals surface area contributed by atoms with E-state index in [1.165, 1.54) is 11.1 Å². The summed E-state index contributed by atoms with van der Waals surface area (Å²) in [7, 11) is 1.98. The van der Waals surface area contributed by atoms with E-state index in [0.717, 1.165) is 25.1 Å². The van der Waals surface area contributed by atoms with Crippen LogP contribution in [-0.2, 0) is 0 Å². The lowest BCUT2D eigenvalue weighted by molar-refractivity contribution is 0.188. The maximum atomic E-state index is 6.15. The van der Waals surface area contributed by atoms with E-state index >= 15 is 0 Å². The minimum atomic E-state index is 0.265. The van der Waals surface area contributed by atoms with Gasteiger partial charge < -0.3 is 10.1 Å². The number of hydrogen-bond acceptors (Lipinski definition) is 2. The summed E-state index contributed by atoms with van der Waals surface area (Å²) in [5.74, 6) is 1.58. The lowest BCUT2D eigenvalue weighted by atomic mass is 10.0. The van der Waals surface area contributed by atoms with E-state index in [0.29, 0.717) is 5.92 Å². The van der Waals surface area contributed by atoms with Crippen LogP contribution in [0.15, 0.2) is 18.2 Å². The summed E-state index contributed by atoms with van der Waals surface area (Å²) in [4.78, 5) is 0. The van der Waals surface area contributed by atoms with Gasteiger partial charge in [0, 0.05) is 6.54 Å². The Morgan fingerprint density at radius 1 is 1.28 bits per heavy atom. The quantitative estimate of drug-likeness (QED) is 0.791. The zero-order chi connectivity index (χ0) is 13.5. The van der Waals surface area contributed by atoms with Crippen LogP contribution in [0.25, 0.3) is 0 Å². The van der Waals surface area contributed by atoms with Crippen molar-refractivity contribution in [2.45, 2.75) is 52.6 Å². The molecule has 0 aliphatic carbocycles. The van der Waals surface area contributed by atoms with Gasteiger partial charge in [-0.1, -0.05) is 39.3 Å². The van der Waals surface area contributed by atoms with Crippen LogP contribution in [0.2, 0.25) is 0 Å². The Labute approximate surface area is 112 Å². The molecule has 2 nitrogen and oxygen atoms in total. The standard InChI is InChI=1S/C16H27NO/c1-6-7-15(11-17-5)18-16-10-14(12(2)3)9-8-13(16)4/h8-10,12,15,17H,6-7,11H2,1-5H3. The van der Waals surface area contributed by atoms with Crippen LogP contribution in [0, 0.1) is 6.92 Å². The molecular formula is C16H27NO. The van der Waals surface area contributed by atoms with E-state index in [-0.39, 0.29) is 6.10 Å². The second-order valence-corrected chi connectivity index (χ2v) is 5.27. The van der Waals surface area contributed by atoms with Gasteiger partial charge in [0.25, 0.3) is 0 Å². The number of aryl methyl sites for hydroxylation is 1. The molecule has 1 aromatic carbocycles. The van der Waals surface area contributed by atoms with Crippen molar-refractivity contribution in [1.29, 1.82) is 0 Å². The highest BCUT2D eigenvalue weighted by Crippen LogP contribution is 2.25. The highest BCUT2D eigenvalue weighted by atomic mass is 16.5. The zero-order valence-corrected chi connectivity index (χ0v) is 12.4. The van der Waals surface area contributed by atoms with Gasteiger partial charge in [-0.15, -0.1) is 0 Å². The van der Waals surface area contributed by atoms with Crippen molar-refractivity contribution in [2.24, 2.45) is 0 Å². The van der Waals surface area contributed by atoms with Gasteiger partial charge in [0.1, 0.15) is 11.9 Å². The minimum absolute atomic E-state index is 0.265. The predicted octanol–water partition coefficient (Wildman–Crippen LogP) is 3.89. The molecule has 1 rings (SSSR count). The van der Waals surface area contributed by atoms with Crippen molar-refractivity contribution >= 4 is 0 Å². The van der Waals surface area contributed by atoms with Crippen molar-refractivity contribution in [3.63, 3.8) is 0 Å². The van der Waals surface area contributed by atoms with E-state index in [4.69, 9.17) is 4.74 Å². The first-order chi connectivity index (χ1) is 8.58. The first-order valence-corrected chi connectivity index (χ1v) is 7.00. The van der Waals surface area contributed by atoms with Crippen molar-refractivity contribution < 1.29 is 4.74 Å². The molecule has 1 aromatic rings. The van der Waals surface area contributed by atoms with Crippen LogP contribution in [-0.4, -0.2) is 19.7 Å². The fourth-order valence-electron chi connectivity index (χ4n) is 2.03. The van der Waals surface area contributed by atoms with Gasteiger partial charge in [0.15, 0.2) is 0 Å². The topological polar surface area (TPSA) is 21.3 Å². The van der Waals surface area contributed by atoms with E-state index in [2.05, 4.69) is 51.2 Å². The van der Waals surface area contributed by atoms with Gasteiger partial charge in [-0.05, 0) is 43.5 Å². The lowest BCUT2D eigenvalue weighted by Gasteiger charge is -2.20. The van der Waals surface area contributed by atoms with Crippen LogP contribution in [0.3, 0.4) is 0 Å². The normalized spacial score (nSPS) is 12.8. The second kappa shape index (κ2) is 7.42. The molecule has 1 N–H and O–H groups in total. The lowest BCUT2D eigenvalue weighted by Crippen LogP contribution is -2.29. The Hall–Kier alpha value is -1.02. The third kappa shape index (κ3) is 4.34. The van der Waals surface area contributed by atoms with Crippen molar-refractivity contribution in [3.8, 4) is 5.75 Å². The minimum Gasteiger partial charge on any atom is -0.489 e. The maximum Gasteiger partial charge on any atom is 0.122 e. The van der Waals surface area contributed by atoms with Crippen LogP contribution in [0.4, 0.5) is 0 Å². The highest BCUT2D eigenvalue weighted by Gasteiger charge is 2.11. The van der Waals surface area contributed by atoms with Gasteiger partial charge in [0.05, 0.1) is 0 Å². The number of likely N-dealkylation sites (N-methyl/N-ethyl adjacent to an activating group) is 1. The van der Waals surface area contributed by atoms with E-state index in [1.807, 2.05) is 7.05 Å². The molecule has 2 heteroatoms. The summed E-state index contributed by atoms with van der Waals surface area (Å²) >= 11 is 0. The highest BCUT2D eigenvalue weighted by molar-refractivity contribution is 5.37. The number of nitrogens with one attached hydrogen (secondary N) is 1. The van der Waals surface area contributed by atoms with Gasteiger partial charge >= 0.3 is 0 Å². The third-order valence-electron chi connectivity index (χ3n) is 3.21. The van der Waals surface area contributed by atoms with E-state index in [1.54, 1.807) is 0 Å². The van der Waals surface area contributed by atoms with Gasteiger partial charge in [-0.2, -0.15) is 0 Å². The molecule has 1 unspecified atom stereocenters. The molecule has 1 atom stereocenters. The SMILES string of the molecule is CCCC(CNC)Oc1cc(C(C)C)ccc1C. The summed E-state index contributed by atoms with van der Waals surface area (Å²) in [6.07, 6.45) is 2.50. The molecule has 0 saturated heterocycles. The monoisotopic (exact) mass is 249 g/mol. The van der Waals surface area contributed by atoms with Crippen LogP contribution < -0.4 is 10.1 Å². The van der Waals surface area contributed by atoms with Crippen molar-refractivity contribution in [3.05, 3.63) is 29.3 Å². The van der Waals surface area contributed by atoms with Crippen LogP contribution in [0.1, 0.15) is 50.7 Å². The Balaban J connectivity index is 2.83. The third-order valence-corrected chi connectivity index (χ3v) is 3.21. The van der Waals surface area contributed by atoms with Gasteiger partial charge in [-0.3, -0.25) is 0 Å².